The zero-order valence-corrected chi connectivity index (χ0v) is 6.76. The van der Waals surface area contributed by atoms with E-state index in [1.54, 1.807) is 25.3 Å². The largest absolute Gasteiger partial charge is 0.617 e. The minimum absolute atomic E-state index is 0.662. The Morgan fingerprint density at radius 1 is 1.64 bits per heavy atom. The number of aromatic nitrogens is 2. The third-order valence-electron chi connectivity index (χ3n) is 1.50. The summed E-state index contributed by atoms with van der Waals surface area (Å²) in [5, 5.41) is 12.0. The first-order valence-electron chi connectivity index (χ1n) is 3.23. The quantitative estimate of drug-likeness (QED) is 0.436. The van der Waals surface area contributed by atoms with E-state index in [-0.39, 0.29) is 0 Å². The van der Waals surface area contributed by atoms with E-state index >= 15 is 0 Å². The summed E-state index contributed by atoms with van der Waals surface area (Å²) in [6.45, 7) is 1.79. The molecule has 4 heteroatoms. The Morgan fingerprint density at radius 2 is 2.45 bits per heavy atom. The number of hydrogen-bond acceptors (Lipinski definition) is 3. The van der Waals surface area contributed by atoms with Crippen LogP contribution in [-0.2, 0) is 0 Å². The molecule has 0 aliphatic carbocycles. The zero-order chi connectivity index (χ0) is 7.84. The van der Waals surface area contributed by atoms with Crippen molar-refractivity contribution in [3.05, 3.63) is 28.5 Å². The smallest absolute Gasteiger partial charge is 0.253 e. The van der Waals surface area contributed by atoms with Crippen LogP contribution in [0.3, 0.4) is 0 Å². The van der Waals surface area contributed by atoms with Gasteiger partial charge in [-0.3, -0.25) is 0 Å². The van der Waals surface area contributed by atoms with E-state index in [1.807, 2.05) is 0 Å². The predicted molar refractivity (Wildman–Crippen MR) is 43.3 cm³/mol. The minimum Gasteiger partial charge on any atom is -0.617 e. The van der Waals surface area contributed by atoms with E-state index in [2.05, 4.69) is 4.98 Å². The van der Waals surface area contributed by atoms with Gasteiger partial charge in [0.05, 0.1) is 0 Å². The van der Waals surface area contributed by atoms with Gasteiger partial charge in [-0.05, 0) is 17.4 Å². The maximum absolute atomic E-state index is 11.2. The molecule has 0 aliphatic heterocycles. The molecule has 2 rings (SSSR count). The van der Waals surface area contributed by atoms with Crippen LogP contribution in [0.25, 0.3) is 10.3 Å². The molecule has 0 saturated carbocycles. The molecule has 0 amide bonds. The van der Waals surface area contributed by atoms with Gasteiger partial charge in [0.2, 0.25) is 5.01 Å². The highest BCUT2D eigenvalue weighted by molar-refractivity contribution is 7.17. The molecule has 0 fully saturated rings. The maximum Gasteiger partial charge on any atom is 0.253 e. The molecule has 0 bridgehead atoms. The van der Waals surface area contributed by atoms with Gasteiger partial charge in [0.15, 0.2) is 4.83 Å². The van der Waals surface area contributed by atoms with E-state index in [9.17, 15) is 5.21 Å². The highest BCUT2D eigenvalue weighted by Gasteiger charge is 2.10. The first kappa shape index (κ1) is 6.54. The second kappa shape index (κ2) is 2.17. The maximum atomic E-state index is 11.2. The molecular weight excluding hydrogens is 160 g/mol. The molecule has 0 saturated heterocycles. The molecule has 56 valence electrons. The Labute approximate surface area is 67.5 Å². The zero-order valence-electron chi connectivity index (χ0n) is 5.94. The van der Waals surface area contributed by atoms with E-state index in [4.69, 9.17) is 0 Å². The Bertz CT molecular complexity index is 396. The molecule has 11 heavy (non-hydrogen) atoms. The third kappa shape index (κ3) is 0.867. The van der Waals surface area contributed by atoms with Crippen LogP contribution in [0.4, 0.5) is 0 Å². The lowest BCUT2D eigenvalue weighted by atomic mass is 10.5. The van der Waals surface area contributed by atoms with E-state index in [1.165, 1.54) is 11.3 Å². The van der Waals surface area contributed by atoms with Gasteiger partial charge in [0.25, 0.3) is 5.52 Å². The Kier molecular flexibility index (Phi) is 1.29. The minimum atomic E-state index is 0.662. The normalized spacial score (nSPS) is 10.6. The molecule has 2 aromatic rings. The molecule has 0 spiro atoms. The van der Waals surface area contributed by atoms with E-state index in [0.717, 1.165) is 14.6 Å². The van der Waals surface area contributed by atoms with Crippen molar-refractivity contribution in [3.8, 4) is 0 Å². The fraction of sp³-hybridized carbons (Fsp3) is 0.143. The molecule has 0 atom stereocenters. The first-order valence-corrected chi connectivity index (χ1v) is 4.04. The van der Waals surface area contributed by atoms with Crippen molar-refractivity contribution >= 4 is 21.7 Å². The van der Waals surface area contributed by atoms with Crippen molar-refractivity contribution < 1.29 is 4.73 Å². The van der Waals surface area contributed by atoms with Crippen LogP contribution < -0.4 is 4.73 Å². The van der Waals surface area contributed by atoms with Crippen molar-refractivity contribution in [2.75, 3.05) is 0 Å². The van der Waals surface area contributed by atoms with Crippen LogP contribution in [0.1, 0.15) is 5.01 Å². The average molecular weight is 166 g/mol. The Balaban J connectivity index is 2.92. The summed E-state index contributed by atoms with van der Waals surface area (Å²) < 4.78 is 0.910. The van der Waals surface area contributed by atoms with Gasteiger partial charge in [-0.1, -0.05) is 0 Å². The fourth-order valence-corrected chi connectivity index (χ4v) is 1.80. The number of pyridine rings is 1. The highest BCUT2D eigenvalue weighted by atomic mass is 32.1. The van der Waals surface area contributed by atoms with Crippen LogP contribution in [0.5, 0.6) is 0 Å². The van der Waals surface area contributed by atoms with E-state index in [0.29, 0.717) is 5.52 Å². The fourth-order valence-electron chi connectivity index (χ4n) is 0.967. The molecule has 0 N–H and O–H groups in total. The van der Waals surface area contributed by atoms with Gasteiger partial charge in [-0.2, -0.15) is 4.73 Å². The lowest BCUT2D eigenvalue weighted by Crippen LogP contribution is -2.26. The second-order valence-electron chi connectivity index (χ2n) is 2.24. The first-order chi connectivity index (χ1) is 5.29. The van der Waals surface area contributed by atoms with Crippen molar-refractivity contribution in [1.29, 1.82) is 0 Å². The molecule has 2 heterocycles. The summed E-state index contributed by atoms with van der Waals surface area (Å²) >= 11 is 1.42. The standard InChI is InChI=1S/C7H6N2OS/c1-5-9(10)6-3-2-4-8-7(6)11-5/h2-4H,1H3. The number of nitrogens with zero attached hydrogens (tertiary/aromatic N) is 2. The van der Waals surface area contributed by atoms with Gasteiger partial charge in [-0.15, -0.1) is 0 Å². The molecule has 3 nitrogen and oxygen atoms in total. The molecule has 2 aromatic heterocycles. The summed E-state index contributed by atoms with van der Waals surface area (Å²) in [5.41, 5.74) is 0.662. The second-order valence-corrected chi connectivity index (χ2v) is 3.42. The summed E-state index contributed by atoms with van der Waals surface area (Å²) in [4.78, 5) is 4.87. The Hall–Kier alpha value is -1.16. The van der Waals surface area contributed by atoms with Crippen molar-refractivity contribution in [3.63, 3.8) is 0 Å². The van der Waals surface area contributed by atoms with Crippen molar-refractivity contribution in [2.24, 2.45) is 0 Å². The Morgan fingerprint density at radius 3 is 3.18 bits per heavy atom. The summed E-state index contributed by atoms with van der Waals surface area (Å²) in [7, 11) is 0. The van der Waals surface area contributed by atoms with Crippen LogP contribution >= 0.6 is 11.3 Å². The number of hydrogen-bond donors (Lipinski definition) is 0. The predicted octanol–water partition coefficient (Wildman–Crippen LogP) is 1.24. The summed E-state index contributed by atoms with van der Waals surface area (Å²) in [6, 6.07) is 3.54. The van der Waals surface area contributed by atoms with Crippen molar-refractivity contribution in [2.45, 2.75) is 6.92 Å². The van der Waals surface area contributed by atoms with Gasteiger partial charge in [0, 0.05) is 19.2 Å². The lowest BCUT2D eigenvalue weighted by molar-refractivity contribution is -0.579. The molecular formula is C7H6N2OS. The van der Waals surface area contributed by atoms with Crippen molar-refractivity contribution in [1.82, 2.24) is 4.98 Å². The van der Waals surface area contributed by atoms with Gasteiger partial charge in [0.1, 0.15) is 0 Å². The van der Waals surface area contributed by atoms with Crippen LogP contribution in [0.2, 0.25) is 0 Å². The molecule has 0 aliphatic rings. The SMILES string of the molecule is Cc1sc2ncccc2[n+]1[O-]. The number of fused-ring (bicyclic) bond motifs is 1. The van der Waals surface area contributed by atoms with E-state index < -0.39 is 0 Å². The lowest BCUT2D eigenvalue weighted by Gasteiger charge is -1.91. The third-order valence-corrected chi connectivity index (χ3v) is 2.47. The van der Waals surface area contributed by atoms with Gasteiger partial charge >= 0.3 is 0 Å². The molecule has 0 radical (unpaired) electrons. The number of aryl methyl sites for hydroxylation is 1. The topological polar surface area (TPSA) is 39.8 Å². The monoisotopic (exact) mass is 166 g/mol. The average Bonchev–Trinajstić information content (AvgIpc) is 2.30. The summed E-state index contributed by atoms with van der Waals surface area (Å²) in [6.07, 6.45) is 1.69. The number of rotatable bonds is 0. The van der Waals surface area contributed by atoms with Crippen LogP contribution in [-0.4, -0.2) is 4.98 Å². The van der Waals surface area contributed by atoms with Gasteiger partial charge in [-0.25, -0.2) is 4.98 Å². The van der Waals surface area contributed by atoms with Gasteiger partial charge < -0.3 is 5.21 Å². The summed E-state index contributed by atoms with van der Waals surface area (Å²) in [5.74, 6) is 0. The molecule has 0 unspecified atom stereocenters. The number of thiazole rings is 1. The molecule has 0 aromatic carbocycles. The highest BCUT2D eigenvalue weighted by Crippen LogP contribution is 2.15. The van der Waals surface area contributed by atoms with Crippen LogP contribution in [0.15, 0.2) is 18.3 Å². The van der Waals surface area contributed by atoms with Crippen LogP contribution in [0, 0.1) is 12.1 Å².